The van der Waals surface area contributed by atoms with Gasteiger partial charge in [-0.15, -0.1) is 0 Å². The number of pyridine rings is 1. The van der Waals surface area contributed by atoms with E-state index in [0.29, 0.717) is 23.1 Å². The van der Waals surface area contributed by atoms with E-state index in [9.17, 15) is 4.79 Å². The molecule has 7 heteroatoms. The molecule has 0 aromatic carbocycles. The summed E-state index contributed by atoms with van der Waals surface area (Å²) in [7, 11) is 0. The van der Waals surface area contributed by atoms with Gasteiger partial charge < -0.3 is 14.6 Å². The lowest BCUT2D eigenvalue weighted by atomic mass is 9.84. The number of carbonyl (C=O) groups excluding carboxylic acids is 1. The van der Waals surface area contributed by atoms with Crippen molar-refractivity contribution in [1.82, 2.24) is 24.8 Å². The van der Waals surface area contributed by atoms with Gasteiger partial charge in [0.25, 0.3) is 5.91 Å². The number of piperidine rings is 3. The summed E-state index contributed by atoms with van der Waals surface area (Å²) in [6.07, 6.45) is 9.20. The first-order valence-electron chi connectivity index (χ1n) is 8.67. The lowest BCUT2D eigenvalue weighted by Gasteiger charge is -2.44. The molecule has 0 radical (unpaired) electrons. The maximum atomic E-state index is 12.6. The molecule has 128 valence electrons. The van der Waals surface area contributed by atoms with Gasteiger partial charge >= 0.3 is 0 Å². The second-order valence-electron chi connectivity index (χ2n) is 6.88. The molecule has 3 aliphatic heterocycles. The van der Waals surface area contributed by atoms with Crippen molar-refractivity contribution in [3.63, 3.8) is 0 Å². The van der Waals surface area contributed by atoms with Crippen LogP contribution >= 0.6 is 0 Å². The fourth-order valence-electron chi connectivity index (χ4n) is 3.93. The Bertz CT molecular complexity index is 909. The van der Waals surface area contributed by atoms with E-state index in [1.54, 1.807) is 29.4 Å². The highest BCUT2D eigenvalue weighted by Gasteiger charge is 2.35. The highest BCUT2D eigenvalue weighted by molar-refractivity contribution is 5.95. The molecule has 3 saturated heterocycles. The van der Waals surface area contributed by atoms with Crippen molar-refractivity contribution in [2.24, 2.45) is 5.92 Å². The van der Waals surface area contributed by atoms with E-state index in [-0.39, 0.29) is 11.9 Å². The maximum absolute atomic E-state index is 12.6. The van der Waals surface area contributed by atoms with Gasteiger partial charge in [-0.25, -0.2) is 4.98 Å². The first kappa shape index (κ1) is 14.7. The molecule has 0 spiro atoms. The molecule has 6 heterocycles. The third-order valence-corrected chi connectivity index (χ3v) is 5.35. The first-order valence-corrected chi connectivity index (χ1v) is 8.67. The Morgan fingerprint density at radius 2 is 2.16 bits per heavy atom. The van der Waals surface area contributed by atoms with Crippen molar-refractivity contribution < 1.29 is 9.21 Å². The number of nitrogens with zero attached hydrogens (tertiary/aromatic N) is 4. The minimum absolute atomic E-state index is 0.124. The molecule has 0 aliphatic carbocycles. The van der Waals surface area contributed by atoms with E-state index in [1.807, 2.05) is 12.3 Å². The minimum Gasteiger partial charge on any atom is -0.440 e. The molecule has 6 rings (SSSR count). The Labute approximate surface area is 144 Å². The molecular weight excluding hydrogens is 318 g/mol. The summed E-state index contributed by atoms with van der Waals surface area (Å²) in [5, 5.41) is 4.03. The molecule has 7 nitrogen and oxygen atoms in total. The summed E-state index contributed by atoms with van der Waals surface area (Å²) in [5.74, 6) is 1.12. The van der Waals surface area contributed by atoms with Gasteiger partial charge in [0.05, 0.1) is 0 Å². The summed E-state index contributed by atoms with van der Waals surface area (Å²) in [6.45, 7) is 3.26. The Kier molecular flexibility index (Phi) is 3.34. The zero-order chi connectivity index (χ0) is 16.8. The van der Waals surface area contributed by atoms with Crippen molar-refractivity contribution in [3.8, 4) is 5.88 Å². The van der Waals surface area contributed by atoms with Gasteiger partial charge in [-0.2, -0.15) is 0 Å². The molecule has 0 saturated carbocycles. The summed E-state index contributed by atoms with van der Waals surface area (Å²) in [4.78, 5) is 23.4. The molecule has 3 fully saturated rings. The molecule has 0 unspecified atom stereocenters. The van der Waals surface area contributed by atoms with Gasteiger partial charge in [-0.05, 0) is 31.8 Å². The molecule has 1 amide bonds. The van der Waals surface area contributed by atoms with Gasteiger partial charge in [-0.1, -0.05) is 0 Å². The number of nitrogens with one attached hydrogen (secondary N) is 1. The second kappa shape index (κ2) is 5.70. The predicted octanol–water partition coefficient (Wildman–Crippen LogP) is 1.84. The molecule has 2 bridgehead atoms. The fourth-order valence-corrected chi connectivity index (χ4v) is 3.93. The zero-order valence-corrected chi connectivity index (χ0v) is 13.8. The average molecular weight is 337 g/mol. The Balaban J connectivity index is 1.38. The number of aromatic nitrogens is 3. The number of carbonyl (C=O) groups is 1. The summed E-state index contributed by atoms with van der Waals surface area (Å²) in [5.41, 5.74) is 1.05. The number of imidazole rings is 1. The molecule has 1 atom stereocenters. The van der Waals surface area contributed by atoms with Crippen molar-refractivity contribution >= 4 is 16.9 Å². The van der Waals surface area contributed by atoms with Crippen molar-refractivity contribution in [2.75, 3.05) is 19.6 Å². The van der Waals surface area contributed by atoms with Crippen LogP contribution in [0.2, 0.25) is 0 Å². The largest absolute Gasteiger partial charge is 0.440 e. The first-order chi connectivity index (χ1) is 12.3. The van der Waals surface area contributed by atoms with Crippen LogP contribution in [-0.2, 0) is 0 Å². The van der Waals surface area contributed by atoms with Gasteiger partial charge in [-0.3, -0.25) is 14.3 Å². The van der Waals surface area contributed by atoms with Crippen LogP contribution < -0.4 is 5.32 Å². The van der Waals surface area contributed by atoms with E-state index < -0.39 is 0 Å². The van der Waals surface area contributed by atoms with E-state index in [0.717, 1.165) is 25.0 Å². The van der Waals surface area contributed by atoms with Gasteiger partial charge in [0.15, 0.2) is 0 Å². The highest BCUT2D eigenvalue weighted by atomic mass is 16.4. The molecule has 3 aliphatic rings. The van der Waals surface area contributed by atoms with Crippen LogP contribution in [0.5, 0.6) is 0 Å². The Hall–Kier alpha value is -2.67. The fraction of sp³-hybridized carbons (Fsp3) is 0.389. The van der Waals surface area contributed by atoms with E-state index >= 15 is 0 Å². The summed E-state index contributed by atoms with van der Waals surface area (Å²) < 4.78 is 7.62. The maximum Gasteiger partial charge on any atom is 0.270 e. The molecule has 1 N–H and O–H groups in total. The smallest absolute Gasteiger partial charge is 0.270 e. The lowest BCUT2D eigenvalue weighted by molar-refractivity contribution is 0.0618. The Morgan fingerprint density at radius 3 is 2.88 bits per heavy atom. The van der Waals surface area contributed by atoms with Crippen LogP contribution in [0.25, 0.3) is 16.9 Å². The standard InChI is InChI=1S/C18H19N5O2/c24-18(21-15-10-22-4-1-12(15)2-5-22)14-8-16-13(9-20-14)7-17(25-16)23-6-3-19-11-23/h3,6-9,11-12,15H,1-2,4-5,10H2,(H,21,24)/t15-/m0/s1. The number of furan rings is 1. The Morgan fingerprint density at radius 1 is 1.28 bits per heavy atom. The number of amides is 1. The average Bonchev–Trinajstić information content (AvgIpc) is 3.31. The van der Waals surface area contributed by atoms with Crippen LogP contribution in [0.3, 0.4) is 0 Å². The van der Waals surface area contributed by atoms with Crippen LogP contribution in [0.15, 0.2) is 41.5 Å². The van der Waals surface area contributed by atoms with E-state index in [4.69, 9.17) is 4.42 Å². The predicted molar refractivity (Wildman–Crippen MR) is 91.5 cm³/mol. The summed E-state index contributed by atoms with van der Waals surface area (Å²) >= 11 is 0. The summed E-state index contributed by atoms with van der Waals surface area (Å²) in [6, 6.07) is 3.83. The topological polar surface area (TPSA) is 76.2 Å². The molecular formula is C18H19N5O2. The second-order valence-corrected chi connectivity index (χ2v) is 6.88. The van der Waals surface area contributed by atoms with Gasteiger partial charge in [0.2, 0.25) is 5.88 Å². The van der Waals surface area contributed by atoms with E-state index in [2.05, 4.69) is 20.2 Å². The number of hydrogen-bond donors (Lipinski definition) is 1. The third-order valence-electron chi connectivity index (χ3n) is 5.35. The van der Waals surface area contributed by atoms with Crippen molar-refractivity contribution in [2.45, 2.75) is 18.9 Å². The highest BCUT2D eigenvalue weighted by Crippen LogP contribution is 2.28. The number of fused-ring (bicyclic) bond motifs is 4. The lowest BCUT2D eigenvalue weighted by Crippen LogP contribution is -2.57. The van der Waals surface area contributed by atoms with Gasteiger partial charge in [0, 0.05) is 48.7 Å². The molecule has 3 aromatic heterocycles. The zero-order valence-electron chi connectivity index (χ0n) is 13.8. The number of hydrogen-bond acceptors (Lipinski definition) is 5. The monoisotopic (exact) mass is 337 g/mol. The van der Waals surface area contributed by atoms with Crippen molar-refractivity contribution in [3.05, 3.63) is 42.7 Å². The van der Waals surface area contributed by atoms with Crippen molar-refractivity contribution in [1.29, 1.82) is 0 Å². The number of rotatable bonds is 3. The van der Waals surface area contributed by atoms with Gasteiger partial charge in [0.1, 0.15) is 17.6 Å². The van der Waals surface area contributed by atoms with Crippen LogP contribution in [0.4, 0.5) is 0 Å². The molecule has 25 heavy (non-hydrogen) atoms. The minimum atomic E-state index is -0.124. The molecule has 3 aromatic rings. The van der Waals surface area contributed by atoms with Crippen LogP contribution in [0, 0.1) is 5.92 Å². The quantitative estimate of drug-likeness (QED) is 0.789. The third kappa shape index (κ3) is 2.60. The van der Waals surface area contributed by atoms with Crippen LogP contribution in [-0.4, -0.2) is 51.0 Å². The van der Waals surface area contributed by atoms with Crippen LogP contribution in [0.1, 0.15) is 23.3 Å². The normalized spacial score (nSPS) is 25.4. The van der Waals surface area contributed by atoms with E-state index in [1.165, 1.54) is 12.8 Å². The SMILES string of the molecule is O=C(N[C@H]1CN2CCC1CC2)c1cc2oc(-n3ccnc3)cc2cn1.